The summed E-state index contributed by atoms with van der Waals surface area (Å²) in [6.07, 6.45) is 5.26. The fraction of sp³-hybridized carbons (Fsp3) is 0.378. The molecule has 65 heavy (non-hydrogen) atoms. The first-order valence-electron chi connectivity index (χ1n) is 20.9. The molecule has 346 valence electrons. The summed E-state index contributed by atoms with van der Waals surface area (Å²) >= 11 is 0. The number of nitrogens with one attached hydrogen (secondary N) is 4. The van der Waals surface area contributed by atoms with Crippen molar-refractivity contribution >= 4 is 58.4 Å². The highest BCUT2D eigenvalue weighted by Gasteiger charge is 2.46. The Kier molecular flexibility index (Phi) is 14.8. The van der Waals surface area contributed by atoms with Gasteiger partial charge in [-0.05, 0) is 64.2 Å². The number of carbonyl (C=O) groups is 6. The zero-order valence-electron chi connectivity index (χ0n) is 37.4. The smallest absolute Gasteiger partial charge is 0.416 e. The van der Waals surface area contributed by atoms with Gasteiger partial charge in [-0.25, -0.2) is 9.69 Å². The van der Waals surface area contributed by atoms with Gasteiger partial charge in [0.1, 0.15) is 23.7 Å². The molecule has 1 aromatic carbocycles. The summed E-state index contributed by atoms with van der Waals surface area (Å²) in [6, 6.07) is 6.77. The van der Waals surface area contributed by atoms with E-state index in [4.69, 9.17) is 14.2 Å². The van der Waals surface area contributed by atoms with Crippen LogP contribution in [-0.4, -0.2) is 131 Å². The molecule has 0 aliphatic carbocycles. The number of amides is 6. The van der Waals surface area contributed by atoms with Gasteiger partial charge in [-0.2, -0.15) is 0 Å². The average Bonchev–Trinajstić information content (AvgIpc) is 4.03. The van der Waals surface area contributed by atoms with Gasteiger partial charge in [-0.3, -0.25) is 24.0 Å². The number of ether oxygens (including phenoxy) is 3. The molecule has 3 aromatic heterocycles. The maximum atomic E-state index is 13.7. The third-order valence-corrected chi connectivity index (χ3v) is 10.8. The number of fused-ring (bicyclic) bond motifs is 2. The Morgan fingerprint density at radius 3 is 2.00 bits per heavy atom. The SMILES string of the molecule is C=CCOC(=O)N1c2cc(OCCCC(=O)Nc3cc(C(=O)Nc4cc(C(=O)Nc5cc(C(=O)NCCCN(C)C)n(C)c5)n(C)c4)n(C)c3)c(OC)cc2C(=O)N2CC(=C)C[C@H]2C1O. The van der Waals surface area contributed by atoms with Crippen LogP contribution in [0.4, 0.5) is 27.5 Å². The van der Waals surface area contributed by atoms with Crippen LogP contribution in [0, 0.1) is 0 Å². The Morgan fingerprint density at radius 1 is 0.846 bits per heavy atom. The topological polar surface area (TPSA) is 223 Å². The molecule has 6 rings (SSSR count). The lowest BCUT2D eigenvalue weighted by Gasteiger charge is -2.31. The number of carbonyl (C=O) groups excluding carboxylic acids is 6. The van der Waals surface area contributed by atoms with E-state index in [1.54, 1.807) is 59.5 Å². The molecule has 2 atom stereocenters. The van der Waals surface area contributed by atoms with Crippen LogP contribution in [0.1, 0.15) is 67.5 Å². The van der Waals surface area contributed by atoms with Crippen molar-refractivity contribution in [3.05, 3.63) is 96.4 Å². The summed E-state index contributed by atoms with van der Waals surface area (Å²) in [5.41, 5.74) is 2.96. The Labute approximate surface area is 376 Å². The van der Waals surface area contributed by atoms with Gasteiger partial charge in [0, 0.05) is 65.3 Å². The van der Waals surface area contributed by atoms with Crippen LogP contribution in [0.5, 0.6) is 11.5 Å². The number of methoxy groups -OCH3 is 1. The van der Waals surface area contributed by atoms with E-state index in [1.807, 2.05) is 19.0 Å². The van der Waals surface area contributed by atoms with Crippen LogP contribution in [0.25, 0.3) is 0 Å². The van der Waals surface area contributed by atoms with E-state index in [1.165, 1.54) is 42.4 Å². The van der Waals surface area contributed by atoms with E-state index in [2.05, 4.69) is 34.4 Å². The second-order valence-corrected chi connectivity index (χ2v) is 16.1. The lowest BCUT2D eigenvalue weighted by molar-refractivity contribution is -0.116. The number of anilines is 4. The lowest BCUT2D eigenvalue weighted by atomic mass is 10.1. The molecule has 0 radical (unpaired) electrons. The number of aliphatic hydroxyl groups is 1. The minimum Gasteiger partial charge on any atom is -0.493 e. The van der Waals surface area contributed by atoms with Crippen molar-refractivity contribution in [2.45, 2.75) is 38.0 Å². The number of aliphatic hydroxyl groups excluding tert-OH is 1. The van der Waals surface area contributed by atoms with Gasteiger partial charge in [0.2, 0.25) is 5.91 Å². The third kappa shape index (κ3) is 10.9. The van der Waals surface area contributed by atoms with E-state index >= 15 is 0 Å². The standard InChI is InChI=1S/C45H56N10O10/c1-9-15-65-45(62)55-32-22-38(37(63-8)21-31(32)43(60)54-23-27(2)17-36(54)44(55)61)64-16-10-12-39(56)47-28-18-34(52(6)24-28)41(58)49-30-20-35(53(7)26-30)42(59)48-29-19-33(51(5)25-29)40(57)46-13-11-14-50(3)4/h9,18-22,24-26,36,44,61H,1-2,10-17,23H2,3-8H3,(H,46,57)(H,47,56)(H,48,59)(H,49,58)/t36-,44?/m0/s1. The zero-order valence-corrected chi connectivity index (χ0v) is 37.4. The van der Waals surface area contributed by atoms with Crippen molar-refractivity contribution in [2.75, 3.05) is 74.9 Å². The predicted octanol–water partition coefficient (Wildman–Crippen LogP) is 3.93. The Hall–Kier alpha value is -7.32. The second kappa shape index (κ2) is 20.5. The van der Waals surface area contributed by atoms with E-state index in [-0.39, 0.29) is 78.6 Å². The summed E-state index contributed by atoms with van der Waals surface area (Å²) in [7, 11) is 10.4. The van der Waals surface area contributed by atoms with Crippen molar-refractivity contribution in [3.63, 3.8) is 0 Å². The Morgan fingerprint density at radius 2 is 1.43 bits per heavy atom. The quantitative estimate of drug-likeness (QED) is 0.0711. The van der Waals surface area contributed by atoms with Crippen LogP contribution >= 0.6 is 0 Å². The van der Waals surface area contributed by atoms with Gasteiger partial charge in [0.15, 0.2) is 17.7 Å². The Balaban J connectivity index is 1.03. The molecule has 1 saturated heterocycles. The fourth-order valence-electron chi connectivity index (χ4n) is 7.68. The van der Waals surface area contributed by atoms with Crippen molar-refractivity contribution < 1.29 is 48.1 Å². The van der Waals surface area contributed by atoms with Gasteiger partial charge in [0.05, 0.1) is 48.1 Å². The molecule has 4 aromatic rings. The van der Waals surface area contributed by atoms with Crippen molar-refractivity contribution in [1.29, 1.82) is 0 Å². The van der Waals surface area contributed by atoms with Crippen LogP contribution in [0.2, 0.25) is 0 Å². The van der Waals surface area contributed by atoms with Crippen LogP contribution < -0.4 is 35.6 Å². The predicted molar refractivity (Wildman–Crippen MR) is 243 cm³/mol. The molecule has 5 heterocycles. The number of rotatable bonds is 18. The number of benzene rings is 1. The summed E-state index contributed by atoms with van der Waals surface area (Å²) in [5, 5.41) is 22.7. The molecule has 20 nitrogen and oxygen atoms in total. The van der Waals surface area contributed by atoms with Gasteiger partial charge in [-0.15, -0.1) is 0 Å². The van der Waals surface area contributed by atoms with Crippen molar-refractivity contribution in [3.8, 4) is 11.5 Å². The summed E-state index contributed by atoms with van der Waals surface area (Å²) < 4.78 is 21.6. The van der Waals surface area contributed by atoms with Crippen LogP contribution in [-0.2, 0) is 30.7 Å². The van der Waals surface area contributed by atoms with E-state index in [9.17, 15) is 33.9 Å². The van der Waals surface area contributed by atoms with Gasteiger partial charge < -0.3 is 64.1 Å². The molecule has 1 unspecified atom stereocenters. The Bertz CT molecular complexity index is 2500. The first-order valence-corrected chi connectivity index (χ1v) is 20.9. The number of hydrogen-bond donors (Lipinski definition) is 5. The van der Waals surface area contributed by atoms with Crippen LogP contribution in [0.15, 0.2) is 73.7 Å². The number of nitrogens with zero attached hydrogens (tertiary/aromatic N) is 6. The zero-order chi connectivity index (χ0) is 47.1. The first kappa shape index (κ1) is 47.2. The number of hydrogen-bond acceptors (Lipinski definition) is 11. The lowest BCUT2D eigenvalue weighted by Crippen LogP contribution is -2.50. The van der Waals surface area contributed by atoms with Crippen LogP contribution in [0.3, 0.4) is 0 Å². The molecule has 0 spiro atoms. The molecule has 20 heteroatoms. The highest BCUT2D eigenvalue weighted by Crippen LogP contribution is 2.42. The molecule has 2 aliphatic heterocycles. The van der Waals surface area contributed by atoms with Gasteiger partial charge >= 0.3 is 6.09 Å². The normalized spacial score (nSPS) is 15.5. The van der Waals surface area contributed by atoms with Crippen molar-refractivity contribution in [1.82, 2.24) is 28.8 Å². The number of aryl methyl sites for hydroxylation is 3. The molecular formula is C45H56N10O10. The monoisotopic (exact) mass is 896 g/mol. The van der Waals surface area contributed by atoms with Crippen molar-refractivity contribution in [2.24, 2.45) is 21.1 Å². The van der Waals surface area contributed by atoms with E-state index in [0.717, 1.165) is 23.4 Å². The molecule has 2 aliphatic rings. The molecule has 1 fully saturated rings. The minimum absolute atomic E-state index is 0.0326. The molecular weight excluding hydrogens is 841 g/mol. The van der Waals surface area contributed by atoms with E-state index < -0.39 is 36.1 Å². The minimum atomic E-state index is -1.45. The third-order valence-electron chi connectivity index (χ3n) is 10.8. The summed E-state index contributed by atoms with van der Waals surface area (Å²) in [5.74, 6) is -1.58. The summed E-state index contributed by atoms with van der Waals surface area (Å²) in [6.45, 7) is 9.03. The maximum absolute atomic E-state index is 13.7. The second-order valence-electron chi connectivity index (χ2n) is 16.1. The number of aromatic nitrogens is 3. The average molecular weight is 897 g/mol. The van der Waals surface area contributed by atoms with Gasteiger partial charge in [-0.1, -0.05) is 24.8 Å². The highest BCUT2D eigenvalue weighted by atomic mass is 16.6. The van der Waals surface area contributed by atoms with E-state index in [0.29, 0.717) is 35.7 Å². The highest BCUT2D eigenvalue weighted by molar-refractivity contribution is 6.08. The molecule has 0 saturated carbocycles. The van der Waals surface area contributed by atoms with Gasteiger partial charge in [0.25, 0.3) is 23.6 Å². The first-order chi connectivity index (χ1) is 31.0. The summed E-state index contributed by atoms with van der Waals surface area (Å²) in [4.78, 5) is 83.9. The largest absolute Gasteiger partial charge is 0.493 e. The maximum Gasteiger partial charge on any atom is 0.416 e. The molecule has 6 amide bonds. The molecule has 0 bridgehead atoms. The molecule has 5 N–H and O–H groups in total. The fourth-order valence-corrected chi connectivity index (χ4v) is 7.68.